The lowest BCUT2D eigenvalue weighted by Gasteiger charge is -2.15. The number of benzene rings is 2. The molecule has 10 N–H and O–H groups in total. The van der Waals surface area contributed by atoms with Gasteiger partial charge < -0.3 is 61.6 Å². The molecule has 0 saturated carbocycles. The second-order valence-electron chi connectivity index (χ2n) is 19.4. The van der Waals surface area contributed by atoms with Crippen LogP contribution in [0.1, 0.15) is 34.2 Å². The normalized spacial score (nSPS) is 16.4. The fourth-order valence-electron chi connectivity index (χ4n) is 10.2. The Morgan fingerprint density at radius 3 is 1.45 bits per heavy atom. The zero-order valence-electron chi connectivity index (χ0n) is 41.8. The molecule has 4 aliphatic heterocycles. The number of nitrogens with one attached hydrogen (secondary N) is 2. The van der Waals surface area contributed by atoms with Gasteiger partial charge in [-0.2, -0.15) is 10.2 Å². The van der Waals surface area contributed by atoms with Crippen molar-refractivity contribution in [2.24, 2.45) is 11.5 Å². The predicted molar refractivity (Wildman–Crippen MR) is 287 cm³/mol. The van der Waals surface area contributed by atoms with Crippen LogP contribution in [0, 0.1) is 13.8 Å². The number of imidazole rings is 2. The van der Waals surface area contributed by atoms with Gasteiger partial charge in [0.2, 0.25) is 0 Å². The van der Waals surface area contributed by atoms with Crippen molar-refractivity contribution >= 4 is 56.5 Å². The Hall–Kier alpha value is -9.28. The molecule has 8 aromatic heterocycles. The van der Waals surface area contributed by atoms with Crippen molar-refractivity contribution in [3.05, 3.63) is 132 Å². The summed E-state index contributed by atoms with van der Waals surface area (Å²) in [4.78, 5) is 27.4. The predicted octanol–water partition coefficient (Wildman–Crippen LogP) is 6.05. The number of hydrogen-bond donors (Lipinski definition) is 6. The van der Waals surface area contributed by atoms with Gasteiger partial charge in [-0.25, -0.2) is 29.9 Å². The molecule has 0 spiro atoms. The first-order valence-corrected chi connectivity index (χ1v) is 25.1. The average molecular weight is 1020 g/mol. The van der Waals surface area contributed by atoms with E-state index in [1.807, 2.05) is 96.5 Å². The van der Waals surface area contributed by atoms with E-state index >= 15 is 0 Å². The summed E-state index contributed by atoms with van der Waals surface area (Å²) >= 11 is 0. The third kappa shape index (κ3) is 8.81. The molecule has 22 nitrogen and oxygen atoms in total. The van der Waals surface area contributed by atoms with Crippen molar-refractivity contribution in [1.29, 1.82) is 0 Å². The van der Waals surface area contributed by atoms with Crippen LogP contribution < -0.4 is 52.5 Å². The first-order chi connectivity index (χ1) is 37.0. The lowest BCUT2D eigenvalue weighted by Crippen LogP contribution is -2.32. The number of nitrogens with zero attached hydrogens (tertiary/aromatic N) is 12. The second kappa shape index (κ2) is 18.9. The van der Waals surface area contributed by atoms with Gasteiger partial charge in [0.1, 0.15) is 61.3 Å². The monoisotopic (exact) mass is 1020 g/mol. The van der Waals surface area contributed by atoms with E-state index in [-0.39, 0.29) is 12.1 Å². The van der Waals surface area contributed by atoms with Crippen LogP contribution >= 0.6 is 0 Å². The highest BCUT2D eigenvalue weighted by atomic mass is 16.5. The maximum absolute atomic E-state index is 6.37. The lowest BCUT2D eigenvalue weighted by molar-refractivity contribution is 0.264. The molecule has 2 aromatic carbocycles. The van der Waals surface area contributed by atoms with Crippen LogP contribution in [-0.4, -0.2) is 97.1 Å². The van der Waals surface area contributed by atoms with Crippen molar-refractivity contribution in [3.63, 3.8) is 0 Å². The van der Waals surface area contributed by atoms with E-state index in [2.05, 4.69) is 61.8 Å². The first-order valence-electron chi connectivity index (χ1n) is 25.1. The molecule has 22 heteroatoms. The Bertz CT molecular complexity index is 3630. The van der Waals surface area contributed by atoms with Crippen LogP contribution in [0.5, 0.6) is 23.0 Å². The van der Waals surface area contributed by atoms with E-state index in [4.69, 9.17) is 52.1 Å². The summed E-state index contributed by atoms with van der Waals surface area (Å²) < 4.78 is 31.9. The number of ether oxygens (including phenoxy) is 4. The minimum atomic E-state index is -0.174. The Labute approximate surface area is 435 Å². The molecule has 0 unspecified atom stereocenters. The van der Waals surface area contributed by atoms with Crippen LogP contribution in [0.3, 0.4) is 0 Å². The zero-order valence-corrected chi connectivity index (χ0v) is 41.8. The molecule has 384 valence electrons. The molecule has 0 amide bonds. The van der Waals surface area contributed by atoms with Gasteiger partial charge in [0.15, 0.2) is 34.6 Å². The SMILES string of the molecule is Cc1c(-c2cc3cc(Nc4cc5n(n4)Cc4nccn4CC5)ncc3c(N)n2)ccc2c1OC[C@@H](N)CO2.Cc1c(-c2cc3cc(Nc4cc5n(n4)Cc4nccn4CC5)ncc3c(N)n2)ccc2c1OC[C@H](N)CO2. The highest BCUT2D eigenvalue weighted by Crippen LogP contribution is 2.41. The van der Waals surface area contributed by atoms with E-state index in [0.29, 0.717) is 85.8 Å². The fourth-order valence-corrected chi connectivity index (χ4v) is 10.2. The van der Waals surface area contributed by atoms with Gasteiger partial charge in [-0.05, 0) is 73.2 Å². The number of rotatable bonds is 6. The summed E-state index contributed by atoms with van der Waals surface area (Å²) in [7, 11) is 0. The number of nitrogen functional groups attached to an aromatic ring is 2. The van der Waals surface area contributed by atoms with Gasteiger partial charge in [0.25, 0.3) is 0 Å². The first kappa shape index (κ1) is 46.5. The summed E-state index contributed by atoms with van der Waals surface area (Å²) in [6, 6.07) is 19.5. The van der Waals surface area contributed by atoms with Gasteiger partial charge >= 0.3 is 0 Å². The summed E-state index contributed by atoms with van der Waals surface area (Å²) in [5.74, 6) is 8.42. The third-order valence-corrected chi connectivity index (χ3v) is 14.2. The maximum atomic E-state index is 6.37. The number of fused-ring (bicyclic) bond motifs is 8. The smallest absolute Gasteiger partial charge is 0.164 e. The average Bonchev–Trinajstić information content (AvgIpc) is 4.15. The summed E-state index contributed by atoms with van der Waals surface area (Å²) in [5.41, 5.74) is 32.3. The van der Waals surface area contributed by atoms with Gasteiger partial charge in [0.05, 0.1) is 36.6 Å². The summed E-state index contributed by atoms with van der Waals surface area (Å²) in [6.45, 7) is 8.66. The van der Waals surface area contributed by atoms with Crippen molar-refractivity contribution < 1.29 is 18.9 Å². The van der Waals surface area contributed by atoms with Crippen molar-refractivity contribution in [3.8, 4) is 45.5 Å². The summed E-state index contributed by atoms with van der Waals surface area (Å²) in [5, 5.41) is 19.6. The Morgan fingerprint density at radius 1 is 0.539 bits per heavy atom. The molecule has 0 aliphatic carbocycles. The third-order valence-electron chi connectivity index (χ3n) is 14.2. The van der Waals surface area contributed by atoms with Crippen LogP contribution in [0.15, 0.2) is 97.8 Å². The largest absolute Gasteiger partial charge is 0.488 e. The molecule has 10 aromatic rings. The molecular weight excluding hydrogens is 965 g/mol. The molecule has 2 atom stereocenters. The number of pyridine rings is 4. The molecule has 0 bridgehead atoms. The van der Waals surface area contributed by atoms with Gasteiger partial charge in [0, 0.05) is 120 Å². The van der Waals surface area contributed by atoms with Crippen molar-refractivity contribution in [2.45, 2.75) is 65.0 Å². The van der Waals surface area contributed by atoms with E-state index < -0.39 is 0 Å². The fraction of sp³-hybridized carbons (Fsp3) is 0.259. The number of aromatic nitrogens is 12. The zero-order chi connectivity index (χ0) is 51.6. The van der Waals surface area contributed by atoms with Crippen LogP contribution in [0.4, 0.5) is 34.9 Å². The minimum Gasteiger partial charge on any atom is -0.488 e. The Kier molecular flexibility index (Phi) is 11.6. The molecule has 0 radical (unpaired) electrons. The number of anilines is 6. The Morgan fingerprint density at radius 2 is 0.987 bits per heavy atom. The molecule has 76 heavy (non-hydrogen) atoms. The van der Waals surface area contributed by atoms with Crippen molar-refractivity contribution in [2.75, 3.05) is 48.5 Å². The second-order valence-corrected chi connectivity index (χ2v) is 19.4. The molecule has 0 saturated heterocycles. The van der Waals surface area contributed by atoms with Crippen LogP contribution in [0.2, 0.25) is 0 Å². The highest BCUT2D eigenvalue weighted by molar-refractivity contribution is 5.96. The van der Waals surface area contributed by atoms with E-state index in [0.717, 1.165) is 116 Å². The van der Waals surface area contributed by atoms with Gasteiger partial charge in [-0.15, -0.1) is 0 Å². The minimum absolute atomic E-state index is 0.174. The number of aryl methyl sites for hydroxylation is 4. The van der Waals surface area contributed by atoms with Crippen LogP contribution in [0.25, 0.3) is 44.1 Å². The molecule has 14 rings (SSSR count). The molecule has 4 aliphatic rings. The topological polar surface area (TPSA) is 288 Å². The van der Waals surface area contributed by atoms with E-state index in [1.54, 1.807) is 12.4 Å². The van der Waals surface area contributed by atoms with Gasteiger partial charge in [-0.3, -0.25) is 9.36 Å². The number of hydrogen-bond acceptors (Lipinski definition) is 18. The van der Waals surface area contributed by atoms with Crippen LogP contribution in [-0.2, 0) is 39.0 Å². The Balaban J connectivity index is 0.000000146. The highest BCUT2D eigenvalue weighted by Gasteiger charge is 2.24. The molecule has 0 fully saturated rings. The van der Waals surface area contributed by atoms with E-state index in [9.17, 15) is 0 Å². The van der Waals surface area contributed by atoms with E-state index in [1.165, 1.54) is 0 Å². The van der Waals surface area contributed by atoms with Crippen molar-refractivity contribution in [1.82, 2.24) is 58.6 Å². The molecular formula is C54H54N18O4. The van der Waals surface area contributed by atoms with Gasteiger partial charge in [-0.1, -0.05) is 0 Å². The quantitative estimate of drug-likeness (QED) is 0.110. The molecule has 12 heterocycles. The standard InChI is InChI=1S/2C27H27N9O2/c2*1-15-19(2-3-22-26(15)38-14-17(28)13-37-22)21-8-16-9-23(31-11-20(16)27(29)32-21)33-24-10-18-4-6-35-7-5-30-25(35)12-36(18)34-24/h2*2-3,5,7-11,17H,4,6,12-14,28H2,1H3,(H2,29,32)(H,31,33,34)/t2*17-/m10/s1. The maximum Gasteiger partial charge on any atom is 0.164 e. The lowest BCUT2D eigenvalue weighted by atomic mass is 10.0. The summed E-state index contributed by atoms with van der Waals surface area (Å²) in [6.07, 6.45) is 12.9. The number of nitrogens with two attached hydrogens (primary N) is 4.